The van der Waals surface area contributed by atoms with Crippen LogP contribution in [0.25, 0.3) is 0 Å². The quantitative estimate of drug-likeness (QED) is 0.596. The fourth-order valence-electron chi connectivity index (χ4n) is 0.981. The van der Waals surface area contributed by atoms with Crippen LogP contribution in [0.3, 0.4) is 0 Å². The van der Waals surface area contributed by atoms with Crippen LogP contribution in [-0.2, 0) is 0 Å². The van der Waals surface area contributed by atoms with Crippen molar-refractivity contribution < 1.29 is 0 Å². The summed E-state index contributed by atoms with van der Waals surface area (Å²) in [5.74, 6) is 2.62. The predicted molar refractivity (Wildman–Crippen MR) is 48.7 cm³/mol. The number of hydrogen-bond acceptors (Lipinski definition) is 1. The number of anilines is 1. The van der Waals surface area contributed by atoms with Crippen LogP contribution >= 0.6 is 0 Å². The Morgan fingerprint density at radius 1 is 1.45 bits per heavy atom. The number of rotatable bonds is 1. The summed E-state index contributed by atoms with van der Waals surface area (Å²) in [6, 6.07) is 5.96. The van der Waals surface area contributed by atoms with Gasteiger partial charge in [0.15, 0.2) is 0 Å². The van der Waals surface area contributed by atoms with E-state index in [1.165, 1.54) is 0 Å². The Morgan fingerprint density at radius 3 is 2.64 bits per heavy atom. The lowest BCUT2D eigenvalue weighted by molar-refractivity contribution is 1.41. The van der Waals surface area contributed by atoms with Crippen LogP contribution in [0.5, 0.6) is 0 Å². The van der Waals surface area contributed by atoms with Gasteiger partial charge in [0.05, 0.1) is 0 Å². The highest BCUT2D eigenvalue weighted by atomic mass is 14.8. The maximum atomic E-state index is 5.27. The second-order valence-corrected chi connectivity index (χ2v) is 2.42. The minimum Gasteiger partial charge on any atom is -0.388 e. The summed E-state index contributed by atoms with van der Waals surface area (Å²) in [5.41, 5.74) is 3.20. The molecule has 0 aliphatic rings. The average molecular weight is 145 g/mol. The van der Waals surface area contributed by atoms with Crippen molar-refractivity contribution in [1.82, 2.24) is 0 Å². The number of benzene rings is 1. The molecular formula is C10H11N. The van der Waals surface area contributed by atoms with Crippen molar-refractivity contribution in [3.8, 4) is 12.3 Å². The van der Waals surface area contributed by atoms with E-state index in [9.17, 15) is 0 Å². The average Bonchev–Trinajstić information content (AvgIpc) is 2.04. The van der Waals surface area contributed by atoms with Gasteiger partial charge in [-0.25, -0.2) is 0 Å². The van der Waals surface area contributed by atoms with Gasteiger partial charge in [0, 0.05) is 18.3 Å². The Balaban J connectivity index is 3.12. The third-order valence-electron chi connectivity index (χ3n) is 1.67. The summed E-state index contributed by atoms with van der Waals surface area (Å²) in [7, 11) is 1.89. The summed E-state index contributed by atoms with van der Waals surface area (Å²) in [5, 5.41) is 3.05. The minimum absolute atomic E-state index is 0.962. The molecule has 0 aromatic heterocycles. The second-order valence-electron chi connectivity index (χ2n) is 2.42. The lowest BCUT2D eigenvalue weighted by Crippen LogP contribution is -1.89. The third-order valence-corrected chi connectivity index (χ3v) is 1.67. The second kappa shape index (κ2) is 3.12. The van der Waals surface area contributed by atoms with Crippen molar-refractivity contribution in [2.45, 2.75) is 6.92 Å². The zero-order valence-corrected chi connectivity index (χ0v) is 6.81. The van der Waals surface area contributed by atoms with E-state index in [-0.39, 0.29) is 0 Å². The van der Waals surface area contributed by atoms with Crippen LogP contribution in [0.4, 0.5) is 5.69 Å². The zero-order chi connectivity index (χ0) is 8.27. The third kappa shape index (κ3) is 1.53. The number of aryl methyl sites for hydroxylation is 1. The molecule has 0 atom stereocenters. The van der Waals surface area contributed by atoms with E-state index in [2.05, 4.69) is 11.2 Å². The molecule has 0 fully saturated rings. The van der Waals surface area contributed by atoms with Crippen LogP contribution in [0.15, 0.2) is 18.2 Å². The minimum atomic E-state index is 0.962. The summed E-state index contributed by atoms with van der Waals surface area (Å²) in [6.45, 7) is 2.01. The van der Waals surface area contributed by atoms with Gasteiger partial charge in [0.25, 0.3) is 0 Å². The van der Waals surface area contributed by atoms with Gasteiger partial charge in [0.1, 0.15) is 0 Å². The van der Waals surface area contributed by atoms with Crippen LogP contribution in [0, 0.1) is 19.3 Å². The Morgan fingerprint density at radius 2 is 2.18 bits per heavy atom. The summed E-state index contributed by atoms with van der Waals surface area (Å²) < 4.78 is 0. The molecule has 56 valence electrons. The first-order valence-corrected chi connectivity index (χ1v) is 3.53. The molecule has 0 amide bonds. The molecule has 1 nitrogen and oxygen atoms in total. The molecule has 0 saturated heterocycles. The Labute approximate surface area is 67.4 Å². The van der Waals surface area contributed by atoms with Gasteiger partial charge in [-0.05, 0) is 30.7 Å². The fourth-order valence-corrected chi connectivity index (χ4v) is 0.981. The van der Waals surface area contributed by atoms with Gasteiger partial charge in [-0.15, -0.1) is 6.42 Å². The SMILES string of the molecule is C#Cc1ccc(NC)cc1C. The molecule has 0 aliphatic heterocycles. The maximum absolute atomic E-state index is 5.27. The van der Waals surface area contributed by atoms with Crippen LogP contribution in [-0.4, -0.2) is 7.05 Å². The Bertz CT molecular complexity index is 294. The molecular weight excluding hydrogens is 134 g/mol. The monoisotopic (exact) mass is 145 g/mol. The van der Waals surface area contributed by atoms with Crippen molar-refractivity contribution in [1.29, 1.82) is 0 Å². The smallest absolute Gasteiger partial charge is 0.0341 e. The highest BCUT2D eigenvalue weighted by Gasteiger charge is 1.94. The van der Waals surface area contributed by atoms with E-state index < -0.39 is 0 Å². The van der Waals surface area contributed by atoms with Crippen molar-refractivity contribution in [3.05, 3.63) is 29.3 Å². The van der Waals surface area contributed by atoms with E-state index in [1.807, 2.05) is 32.2 Å². The highest BCUT2D eigenvalue weighted by Crippen LogP contribution is 2.12. The van der Waals surface area contributed by atoms with Gasteiger partial charge in [-0.2, -0.15) is 0 Å². The number of nitrogens with one attached hydrogen (secondary N) is 1. The molecule has 0 bridgehead atoms. The first kappa shape index (κ1) is 7.68. The van der Waals surface area contributed by atoms with Gasteiger partial charge < -0.3 is 5.32 Å². The molecule has 0 heterocycles. The van der Waals surface area contributed by atoms with Crippen LogP contribution in [0.2, 0.25) is 0 Å². The van der Waals surface area contributed by atoms with E-state index in [0.717, 1.165) is 16.8 Å². The fraction of sp³-hybridized carbons (Fsp3) is 0.200. The molecule has 0 saturated carbocycles. The molecule has 1 rings (SSSR count). The molecule has 0 spiro atoms. The maximum Gasteiger partial charge on any atom is 0.0341 e. The lowest BCUT2D eigenvalue weighted by Gasteiger charge is -2.02. The van der Waals surface area contributed by atoms with E-state index in [1.54, 1.807) is 0 Å². The van der Waals surface area contributed by atoms with Crippen LogP contribution < -0.4 is 5.32 Å². The summed E-state index contributed by atoms with van der Waals surface area (Å²) >= 11 is 0. The topological polar surface area (TPSA) is 12.0 Å². The normalized spacial score (nSPS) is 8.82. The van der Waals surface area contributed by atoms with E-state index in [0.29, 0.717) is 0 Å². The van der Waals surface area contributed by atoms with E-state index >= 15 is 0 Å². The van der Waals surface area contributed by atoms with Crippen molar-refractivity contribution in [2.75, 3.05) is 12.4 Å². The molecule has 1 N–H and O–H groups in total. The largest absolute Gasteiger partial charge is 0.388 e. The van der Waals surface area contributed by atoms with Gasteiger partial charge in [0.2, 0.25) is 0 Å². The number of terminal acetylenes is 1. The number of hydrogen-bond donors (Lipinski definition) is 1. The highest BCUT2D eigenvalue weighted by molar-refractivity contribution is 5.51. The predicted octanol–water partition coefficient (Wildman–Crippen LogP) is 2.02. The first-order valence-electron chi connectivity index (χ1n) is 3.53. The van der Waals surface area contributed by atoms with Crippen molar-refractivity contribution in [2.24, 2.45) is 0 Å². The standard InChI is InChI=1S/C10H11N/c1-4-9-5-6-10(11-3)7-8(9)2/h1,5-7,11H,2-3H3. The van der Waals surface area contributed by atoms with Crippen molar-refractivity contribution in [3.63, 3.8) is 0 Å². The van der Waals surface area contributed by atoms with E-state index in [4.69, 9.17) is 6.42 Å². The van der Waals surface area contributed by atoms with Gasteiger partial charge in [-0.3, -0.25) is 0 Å². The first-order chi connectivity index (χ1) is 5.27. The Kier molecular flexibility index (Phi) is 2.18. The Hall–Kier alpha value is -1.42. The molecule has 0 aliphatic carbocycles. The van der Waals surface area contributed by atoms with Gasteiger partial charge in [-0.1, -0.05) is 5.92 Å². The zero-order valence-electron chi connectivity index (χ0n) is 6.81. The molecule has 1 heteroatoms. The molecule has 0 unspecified atom stereocenters. The van der Waals surface area contributed by atoms with Crippen LogP contribution in [0.1, 0.15) is 11.1 Å². The van der Waals surface area contributed by atoms with Crippen molar-refractivity contribution >= 4 is 5.69 Å². The molecule has 1 aromatic carbocycles. The molecule has 1 aromatic rings. The lowest BCUT2D eigenvalue weighted by atomic mass is 10.1. The summed E-state index contributed by atoms with van der Waals surface area (Å²) in [6.07, 6.45) is 5.27. The van der Waals surface area contributed by atoms with Gasteiger partial charge >= 0.3 is 0 Å². The summed E-state index contributed by atoms with van der Waals surface area (Å²) in [4.78, 5) is 0. The molecule has 0 radical (unpaired) electrons. The molecule has 11 heavy (non-hydrogen) atoms.